The van der Waals surface area contributed by atoms with Crippen LogP contribution in [0, 0.1) is 0 Å². The molecule has 0 fully saturated rings. The van der Waals surface area contributed by atoms with Crippen LogP contribution < -0.4 is 19.9 Å². The van der Waals surface area contributed by atoms with Crippen molar-refractivity contribution in [2.75, 3.05) is 7.11 Å². The number of halogens is 4. The molecule has 2 rings (SSSR count). The lowest BCUT2D eigenvalue weighted by Crippen LogP contribution is -2.52. The molecule has 0 aliphatic carbocycles. The standard InChI is InChI=1S/C13H15F4NO3/c1-3-7(18)6-8-9(19-2)4-5-10-11(8)21-13(16,17)12(14,15)20-10/h4-5,7H,3,6,18H2,1-2H3. The van der Waals surface area contributed by atoms with Crippen LogP contribution >= 0.6 is 0 Å². The first-order valence-corrected chi connectivity index (χ1v) is 6.31. The van der Waals surface area contributed by atoms with Gasteiger partial charge in [0.25, 0.3) is 0 Å². The van der Waals surface area contributed by atoms with Gasteiger partial charge in [-0.15, -0.1) is 0 Å². The van der Waals surface area contributed by atoms with E-state index >= 15 is 0 Å². The molecule has 1 aromatic carbocycles. The van der Waals surface area contributed by atoms with E-state index in [2.05, 4.69) is 9.47 Å². The molecule has 8 heteroatoms. The molecule has 0 aromatic heterocycles. The Kier molecular flexibility index (Phi) is 3.92. The normalized spacial score (nSPS) is 20.0. The highest BCUT2D eigenvalue weighted by atomic mass is 19.3. The molecule has 1 atom stereocenters. The Balaban J connectivity index is 2.51. The van der Waals surface area contributed by atoms with Crippen molar-refractivity contribution in [2.24, 2.45) is 5.73 Å². The summed E-state index contributed by atoms with van der Waals surface area (Å²) in [5.41, 5.74) is 5.98. The summed E-state index contributed by atoms with van der Waals surface area (Å²) < 4.78 is 66.3. The van der Waals surface area contributed by atoms with Gasteiger partial charge in [-0.1, -0.05) is 6.92 Å². The Morgan fingerprint density at radius 2 is 1.81 bits per heavy atom. The molecule has 0 spiro atoms. The van der Waals surface area contributed by atoms with Gasteiger partial charge in [-0.25, -0.2) is 0 Å². The molecular formula is C13H15F4NO3. The monoisotopic (exact) mass is 309 g/mol. The number of alkyl halides is 4. The molecule has 1 aromatic rings. The van der Waals surface area contributed by atoms with Gasteiger partial charge in [-0.05, 0) is 25.0 Å². The number of hydrogen-bond donors (Lipinski definition) is 1. The van der Waals surface area contributed by atoms with Crippen molar-refractivity contribution in [3.8, 4) is 17.2 Å². The Morgan fingerprint density at radius 3 is 2.38 bits per heavy atom. The van der Waals surface area contributed by atoms with Gasteiger partial charge in [-0.3, -0.25) is 0 Å². The predicted octanol–water partition coefficient (Wildman–Crippen LogP) is 2.93. The van der Waals surface area contributed by atoms with E-state index in [0.717, 1.165) is 6.07 Å². The lowest BCUT2D eigenvalue weighted by atomic mass is 10.0. The van der Waals surface area contributed by atoms with Crippen molar-refractivity contribution in [2.45, 2.75) is 38.0 Å². The number of hydrogen-bond acceptors (Lipinski definition) is 4. The molecule has 1 heterocycles. The Hall–Kier alpha value is -1.70. The molecule has 4 nitrogen and oxygen atoms in total. The highest BCUT2D eigenvalue weighted by Gasteiger charge is 2.66. The van der Waals surface area contributed by atoms with Crippen LogP contribution in [0.15, 0.2) is 12.1 Å². The van der Waals surface area contributed by atoms with Gasteiger partial charge in [0, 0.05) is 11.6 Å². The van der Waals surface area contributed by atoms with E-state index in [-0.39, 0.29) is 23.8 Å². The molecule has 0 amide bonds. The van der Waals surface area contributed by atoms with Crippen LogP contribution in [0.4, 0.5) is 17.6 Å². The maximum atomic E-state index is 13.3. The summed E-state index contributed by atoms with van der Waals surface area (Å²) in [6.07, 6.45) is -8.80. The maximum absolute atomic E-state index is 13.3. The summed E-state index contributed by atoms with van der Waals surface area (Å²) in [6.45, 7) is 1.81. The minimum Gasteiger partial charge on any atom is -0.496 e. The highest BCUT2D eigenvalue weighted by Crippen LogP contribution is 2.50. The average Bonchev–Trinajstić information content (AvgIpc) is 2.40. The minimum absolute atomic E-state index is 0.133. The smallest absolute Gasteiger partial charge is 0.496 e. The summed E-state index contributed by atoms with van der Waals surface area (Å²) in [5, 5.41) is 0. The zero-order valence-electron chi connectivity index (χ0n) is 11.5. The number of rotatable bonds is 4. The lowest BCUT2D eigenvalue weighted by Gasteiger charge is -2.33. The molecule has 1 aliphatic rings. The van der Waals surface area contributed by atoms with Gasteiger partial charge in [-0.2, -0.15) is 17.6 Å². The van der Waals surface area contributed by atoms with E-state index in [4.69, 9.17) is 10.5 Å². The number of ether oxygens (including phenoxy) is 3. The van der Waals surface area contributed by atoms with Crippen LogP contribution in [0.2, 0.25) is 0 Å². The van der Waals surface area contributed by atoms with Crippen LogP contribution in [0.5, 0.6) is 17.2 Å². The Labute approximate surface area is 118 Å². The molecule has 0 saturated carbocycles. The molecule has 0 radical (unpaired) electrons. The van der Waals surface area contributed by atoms with Gasteiger partial charge < -0.3 is 19.9 Å². The van der Waals surface area contributed by atoms with Gasteiger partial charge in [0.05, 0.1) is 7.11 Å². The third kappa shape index (κ3) is 2.72. The SMILES string of the molecule is CCC(N)Cc1c(OC)ccc2c1OC(F)(F)C(F)(F)O2. The molecule has 118 valence electrons. The van der Waals surface area contributed by atoms with Crippen LogP contribution in [-0.4, -0.2) is 25.4 Å². The van der Waals surface area contributed by atoms with Crippen molar-refractivity contribution in [3.05, 3.63) is 17.7 Å². The van der Waals surface area contributed by atoms with E-state index in [9.17, 15) is 17.6 Å². The third-order valence-electron chi connectivity index (χ3n) is 3.20. The maximum Gasteiger partial charge on any atom is 0.507 e. The molecule has 21 heavy (non-hydrogen) atoms. The second-order valence-corrected chi connectivity index (χ2v) is 4.68. The first kappa shape index (κ1) is 15.7. The zero-order valence-corrected chi connectivity index (χ0v) is 11.5. The van der Waals surface area contributed by atoms with Crippen LogP contribution in [0.1, 0.15) is 18.9 Å². The fraction of sp³-hybridized carbons (Fsp3) is 0.538. The quantitative estimate of drug-likeness (QED) is 0.869. The topological polar surface area (TPSA) is 53.7 Å². The third-order valence-corrected chi connectivity index (χ3v) is 3.20. The summed E-state index contributed by atoms with van der Waals surface area (Å²) in [7, 11) is 1.33. The van der Waals surface area contributed by atoms with Crippen LogP contribution in [0.3, 0.4) is 0 Å². The summed E-state index contributed by atoms with van der Waals surface area (Å²) >= 11 is 0. The molecular weight excluding hydrogens is 294 g/mol. The van der Waals surface area contributed by atoms with Crippen molar-refractivity contribution in [1.82, 2.24) is 0 Å². The van der Waals surface area contributed by atoms with Crippen molar-refractivity contribution < 1.29 is 31.8 Å². The van der Waals surface area contributed by atoms with Crippen molar-refractivity contribution >= 4 is 0 Å². The zero-order chi connectivity index (χ0) is 15.8. The van der Waals surface area contributed by atoms with Crippen molar-refractivity contribution in [1.29, 1.82) is 0 Å². The molecule has 0 saturated heterocycles. The van der Waals surface area contributed by atoms with Gasteiger partial charge in [0.1, 0.15) is 5.75 Å². The van der Waals surface area contributed by atoms with E-state index in [1.165, 1.54) is 13.2 Å². The average molecular weight is 309 g/mol. The fourth-order valence-corrected chi connectivity index (χ4v) is 1.96. The van der Waals surface area contributed by atoms with Crippen LogP contribution in [-0.2, 0) is 6.42 Å². The summed E-state index contributed by atoms with van der Waals surface area (Å²) in [6, 6.07) is 2.09. The minimum atomic E-state index is -4.77. The summed E-state index contributed by atoms with van der Waals surface area (Å²) in [5.74, 6) is -0.707. The second-order valence-electron chi connectivity index (χ2n) is 4.68. The number of benzene rings is 1. The number of methoxy groups -OCH3 is 1. The first-order valence-electron chi connectivity index (χ1n) is 6.31. The molecule has 1 aliphatic heterocycles. The molecule has 1 unspecified atom stereocenters. The molecule has 0 bridgehead atoms. The predicted molar refractivity (Wildman–Crippen MR) is 66.1 cm³/mol. The fourth-order valence-electron chi connectivity index (χ4n) is 1.96. The molecule has 2 N–H and O–H groups in total. The second kappa shape index (κ2) is 5.25. The number of nitrogens with two attached hydrogens (primary N) is 1. The van der Waals surface area contributed by atoms with E-state index in [1.54, 1.807) is 0 Å². The Morgan fingerprint density at radius 1 is 1.19 bits per heavy atom. The Bertz CT molecular complexity index is 536. The van der Waals surface area contributed by atoms with Crippen LogP contribution in [0.25, 0.3) is 0 Å². The van der Waals surface area contributed by atoms with E-state index in [0.29, 0.717) is 6.42 Å². The highest BCUT2D eigenvalue weighted by molar-refractivity contribution is 5.55. The van der Waals surface area contributed by atoms with Gasteiger partial charge >= 0.3 is 12.2 Å². The van der Waals surface area contributed by atoms with Crippen molar-refractivity contribution in [3.63, 3.8) is 0 Å². The summed E-state index contributed by atoms with van der Waals surface area (Å²) in [4.78, 5) is 0. The largest absolute Gasteiger partial charge is 0.507 e. The van der Waals surface area contributed by atoms with Gasteiger partial charge in [0.15, 0.2) is 11.5 Å². The number of fused-ring (bicyclic) bond motifs is 1. The van der Waals surface area contributed by atoms with E-state index < -0.39 is 23.7 Å². The first-order chi connectivity index (χ1) is 9.71. The van der Waals surface area contributed by atoms with E-state index in [1.807, 2.05) is 6.92 Å². The van der Waals surface area contributed by atoms with Gasteiger partial charge in [0.2, 0.25) is 0 Å². The lowest BCUT2D eigenvalue weighted by molar-refractivity contribution is -0.391.